The Labute approximate surface area is 186 Å². The molecule has 0 saturated heterocycles. The standard InChI is InChI=1S/C22H18ClFN4O2S/c1-13-18(10-11-20(29)25-17-8-6-16(24)7-9-17)21(30)28(27-13)22-26-19(12-31-22)14-2-4-15(23)5-3-14/h2-9,12,27H,10-11H2,1H3,(H,25,29). The number of rotatable bonds is 6. The van der Waals surface area contributed by atoms with Gasteiger partial charge in [-0.15, -0.1) is 11.3 Å². The van der Waals surface area contributed by atoms with Crippen molar-refractivity contribution in [3.05, 3.63) is 86.4 Å². The Balaban J connectivity index is 1.47. The fourth-order valence-electron chi connectivity index (χ4n) is 3.13. The van der Waals surface area contributed by atoms with Gasteiger partial charge in [0.05, 0.1) is 5.69 Å². The van der Waals surface area contributed by atoms with Crippen molar-refractivity contribution in [3.8, 4) is 16.4 Å². The lowest BCUT2D eigenvalue weighted by atomic mass is 10.1. The minimum absolute atomic E-state index is 0.124. The molecule has 2 N–H and O–H groups in total. The van der Waals surface area contributed by atoms with E-state index in [1.807, 2.05) is 17.5 Å². The predicted octanol–water partition coefficient (Wildman–Crippen LogP) is 4.96. The van der Waals surface area contributed by atoms with Crippen LogP contribution in [-0.4, -0.2) is 20.7 Å². The molecule has 9 heteroatoms. The number of nitrogens with one attached hydrogen (secondary N) is 2. The van der Waals surface area contributed by atoms with E-state index < -0.39 is 0 Å². The molecule has 0 unspecified atom stereocenters. The minimum Gasteiger partial charge on any atom is -0.326 e. The number of thiazole rings is 1. The van der Waals surface area contributed by atoms with Gasteiger partial charge >= 0.3 is 0 Å². The molecular formula is C22H18ClFN4O2S. The first-order chi connectivity index (χ1) is 14.9. The summed E-state index contributed by atoms with van der Waals surface area (Å²) in [5.41, 5.74) is 3.13. The molecule has 2 heterocycles. The van der Waals surface area contributed by atoms with Gasteiger partial charge in [-0.25, -0.2) is 9.37 Å². The summed E-state index contributed by atoms with van der Waals surface area (Å²) in [5.74, 6) is -0.625. The van der Waals surface area contributed by atoms with E-state index in [9.17, 15) is 14.0 Å². The monoisotopic (exact) mass is 456 g/mol. The maximum absolute atomic E-state index is 13.0. The number of halogens is 2. The molecule has 158 valence electrons. The minimum atomic E-state index is -0.372. The van der Waals surface area contributed by atoms with Crippen LogP contribution in [0, 0.1) is 12.7 Å². The molecule has 0 spiro atoms. The molecule has 4 rings (SSSR count). The van der Waals surface area contributed by atoms with Gasteiger partial charge in [-0.2, -0.15) is 4.68 Å². The van der Waals surface area contributed by atoms with Gasteiger partial charge in [0.2, 0.25) is 11.0 Å². The Morgan fingerprint density at radius 2 is 1.90 bits per heavy atom. The lowest BCUT2D eigenvalue weighted by molar-refractivity contribution is -0.116. The zero-order valence-corrected chi connectivity index (χ0v) is 18.1. The highest BCUT2D eigenvalue weighted by Gasteiger charge is 2.16. The molecule has 31 heavy (non-hydrogen) atoms. The van der Waals surface area contributed by atoms with Gasteiger partial charge in [-0.05, 0) is 49.7 Å². The van der Waals surface area contributed by atoms with E-state index in [0.29, 0.717) is 27.1 Å². The predicted molar refractivity (Wildman–Crippen MR) is 121 cm³/mol. The van der Waals surface area contributed by atoms with E-state index in [4.69, 9.17) is 11.6 Å². The van der Waals surface area contributed by atoms with E-state index in [2.05, 4.69) is 15.4 Å². The molecule has 2 aromatic heterocycles. The van der Waals surface area contributed by atoms with Crippen molar-refractivity contribution in [2.24, 2.45) is 0 Å². The molecule has 1 amide bonds. The van der Waals surface area contributed by atoms with E-state index in [0.717, 1.165) is 11.3 Å². The number of amides is 1. The van der Waals surface area contributed by atoms with Crippen molar-refractivity contribution in [1.29, 1.82) is 0 Å². The fraction of sp³-hybridized carbons (Fsp3) is 0.136. The van der Waals surface area contributed by atoms with Gasteiger partial charge in [-0.1, -0.05) is 23.7 Å². The van der Waals surface area contributed by atoms with Gasteiger partial charge in [0, 0.05) is 39.3 Å². The SMILES string of the molecule is Cc1[nH]n(-c2nc(-c3ccc(Cl)cc3)cs2)c(=O)c1CCC(=O)Nc1ccc(F)cc1. The van der Waals surface area contributed by atoms with Crippen LogP contribution in [0.1, 0.15) is 17.7 Å². The Bertz CT molecular complexity index is 1280. The first kappa shape index (κ1) is 21.0. The van der Waals surface area contributed by atoms with Crippen molar-refractivity contribution in [3.63, 3.8) is 0 Å². The summed E-state index contributed by atoms with van der Waals surface area (Å²) in [6, 6.07) is 12.8. The van der Waals surface area contributed by atoms with Crippen LogP contribution in [0.4, 0.5) is 10.1 Å². The fourth-order valence-corrected chi connectivity index (χ4v) is 4.04. The molecule has 0 bridgehead atoms. The smallest absolute Gasteiger partial charge is 0.276 e. The molecule has 0 aliphatic rings. The third-order valence-corrected chi connectivity index (χ3v) is 5.82. The summed E-state index contributed by atoms with van der Waals surface area (Å²) in [7, 11) is 0. The van der Waals surface area contributed by atoms with Crippen molar-refractivity contribution in [2.75, 3.05) is 5.32 Å². The molecule has 0 fully saturated rings. The number of aryl methyl sites for hydroxylation is 1. The van der Waals surface area contributed by atoms with Crippen molar-refractivity contribution in [2.45, 2.75) is 19.8 Å². The molecule has 0 saturated carbocycles. The van der Waals surface area contributed by atoms with Crippen LogP contribution in [0.5, 0.6) is 0 Å². The highest BCUT2D eigenvalue weighted by atomic mass is 35.5. The molecule has 2 aromatic carbocycles. The highest BCUT2D eigenvalue weighted by Crippen LogP contribution is 2.25. The summed E-state index contributed by atoms with van der Waals surface area (Å²) >= 11 is 7.28. The number of H-pyrrole nitrogens is 1. The topological polar surface area (TPSA) is 79.8 Å². The van der Waals surface area contributed by atoms with E-state index in [1.54, 1.807) is 19.1 Å². The molecule has 4 aromatic rings. The van der Waals surface area contributed by atoms with Gasteiger partial charge in [0.1, 0.15) is 5.82 Å². The van der Waals surface area contributed by atoms with Gasteiger partial charge < -0.3 is 5.32 Å². The zero-order chi connectivity index (χ0) is 22.0. The van der Waals surface area contributed by atoms with Crippen LogP contribution in [0.25, 0.3) is 16.4 Å². The summed E-state index contributed by atoms with van der Waals surface area (Å²) in [6.45, 7) is 1.79. The lowest BCUT2D eigenvalue weighted by Gasteiger charge is -2.04. The number of carbonyl (C=O) groups is 1. The zero-order valence-electron chi connectivity index (χ0n) is 16.5. The Morgan fingerprint density at radius 1 is 1.19 bits per heavy atom. The van der Waals surface area contributed by atoms with Gasteiger partial charge in [0.25, 0.3) is 5.56 Å². The second kappa shape index (κ2) is 8.87. The highest BCUT2D eigenvalue weighted by molar-refractivity contribution is 7.12. The molecule has 0 atom stereocenters. The average Bonchev–Trinajstić information content (AvgIpc) is 3.34. The number of nitrogens with zero attached hydrogens (tertiary/aromatic N) is 2. The number of anilines is 1. The third kappa shape index (κ3) is 4.76. The number of hydrogen-bond acceptors (Lipinski definition) is 4. The second-order valence-corrected chi connectivity index (χ2v) is 8.21. The molecule has 0 aliphatic heterocycles. The Morgan fingerprint density at radius 3 is 2.61 bits per heavy atom. The van der Waals surface area contributed by atoms with E-state index in [1.165, 1.54) is 40.3 Å². The third-order valence-electron chi connectivity index (χ3n) is 4.75. The van der Waals surface area contributed by atoms with Crippen molar-refractivity contribution in [1.82, 2.24) is 14.8 Å². The molecule has 0 radical (unpaired) electrons. The first-order valence-electron chi connectivity index (χ1n) is 9.48. The summed E-state index contributed by atoms with van der Waals surface area (Å²) < 4.78 is 14.4. The molecule has 6 nitrogen and oxygen atoms in total. The van der Waals surface area contributed by atoms with E-state index in [-0.39, 0.29) is 30.1 Å². The maximum atomic E-state index is 13.0. The van der Waals surface area contributed by atoms with Crippen LogP contribution in [0.15, 0.2) is 58.7 Å². The maximum Gasteiger partial charge on any atom is 0.276 e. The summed E-state index contributed by atoms with van der Waals surface area (Å²) in [6.07, 6.45) is 0.399. The van der Waals surface area contributed by atoms with Crippen molar-refractivity contribution < 1.29 is 9.18 Å². The second-order valence-electron chi connectivity index (χ2n) is 6.93. The quantitative estimate of drug-likeness (QED) is 0.430. The molecule has 0 aliphatic carbocycles. The summed E-state index contributed by atoms with van der Waals surface area (Å²) in [5, 5.41) is 8.77. The number of aromatic nitrogens is 3. The van der Waals surface area contributed by atoms with Gasteiger partial charge in [-0.3, -0.25) is 14.7 Å². The van der Waals surface area contributed by atoms with Crippen LogP contribution < -0.4 is 10.9 Å². The van der Waals surface area contributed by atoms with E-state index >= 15 is 0 Å². The average molecular weight is 457 g/mol. The number of aromatic amines is 1. The normalized spacial score (nSPS) is 10.9. The number of hydrogen-bond donors (Lipinski definition) is 2. The number of carbonyl (C=O) groups excluding carboxylic acids is 1. The van der Waals surface area contributed by atoms with Crippen LogP contribution >= 0.6 is 22.9 Å². The molecular weight excluding hydrogens is 439 g/mol. The Hall–Kier alpha value is -3.23. The lowest BCUT2D eigenvalue weighted by Crippen LogP contribution is -2.19. The number of benzene rings is 2. The van der Waals surface area contributed by atoms with Crippen molar-refractivity contribution >= 4 is 34.5 Å². The first-order valence-corrected chi connectivity index (χ1v) is 10.7. The van der Waals surface area contributed by atoms with Crippen LogP contribution in [0.3, 0.4) is 0 Å². The Kier molecular flexibility index (Phi) is 6.01. The summed E-state index contributed by atoms with van der Waals surface area (Å²) in [4.78, 5) is 29.7. The van der Waals surface area contributed by atoms with Crippen LogP contribution in [-0.2, 0) is 11.2 Å². The largest absolute Gasteiger partial charge is 0.326 e. The van der Waals surface area contributed by atoms with Gasteiger partial charge in [0.15, 0.2) is 0 Å². The van der Waals surface area contributed by atoms with Crippen LogP contribution in [0.2, 0.25) is 5.02 Å².